The van der Waals surface area contributed by atoms with Crippen molar-refractivity contribution in [2.24, 2.45) is 0 Å². The summed E-state index contributed by atoms with van der Waals surface area (Å²) in [6.07, 6.45) is 8.24. The number of hydrogen-bond donors (Lipinski definition) is 0. The molecule has 0 saturated carbocycles. The summed E-state index contributed by atoms with van der Waals surface area (Å²) < 4.78 is 0. The molecule has 24 heavy (non-hydrogen) atoms. The van der Waals surface area contributed by atoms with Crippen molar-refractivity contribution in [3.8, 4) is 0 Å². The van der Waals surface area contributed by atoms with Crippen molar-refractivity contribution in [2.45, 2.75) is 46.2 Å². The third-order valence-corrected chi connectivity index (χ3v) is 2.70. The van der Waals surface area contributed by atoms with E-state index in [0.717, 1.165) is 21.5 Å². The molecule has 1 aliphatic rings. The van der Waals surface area contributed by atoms with Crippen molar-refractivity contribution >= 4 is 15.4 Å². The van der Waals surface area contributed by atoms with E-state index in [1.165, 1.54) is 5.57 Å². The van der Waals surface area contributed by atoms with Crippen molar-refractivity contribution in [3.05, 3.63) is 64.9 Å². The number of amides is 1. The van der Waals surface area contributed by atoms with Crippen LogP contribution in [0.5, 0.6) is 0 Å². The molecule has 0 bridgehead atoms. The van der Waals surface area contributed by atoms with Crippen molar-refractivity contribution in [1.29, 1.82) is 0 Å². The van der Waals surface area contributed by atoms with Crippen molar-refractivity contribution < 1.29 is 55.5 Å². The number of carbonyl (C=O) groups is 1. The number of halogens is 2. The summed E-state index contributed by atoms with van der Waals surface area (Å²) in [5.41, 5.74) is 9.83. The first-order valence-corrected chi connectivity index (χ1v) is 9.10. The fourth-order valence-corrected chi connectivity index (χ4v) is 1.71. The molecule has 0 unspecified atom stereocenters. The second-order valence-corrected chi connectivity index (χ2v) is 6.07. The molecule has 2 radical (unpaired) electrons. The molecule has 0 spiro atoms. The molecular weight excluding hydrogens is 524 g/mol. The van der Waals surface area contributed by atoms with Crippen LogP contribution >= 0.6 is 0 Å². The van der Waals surface area contributed by atoms with E-state index in [1.54, 1.807) is 12.1 Å². The van der Waals surface area contributed by atoms with Gasteiger partial charge in [-0.2, -0.15) is 6.08 Å². The van der Waals surface area contributed by atoms with E-state index < -0.39 is 5.91 Å². The van der Waals surface area contributed by atoms with E-state index >= 15 is 0 Å². The molecule has 1 amide bonds. The Balaban J connectivity index is -0.000000143. The standard InChI is InChI=1S/C10H13NO.C6H7.C2H6Si.2ClH.Hf/c1-7(2)8-5-3-4-6-9(8)10(11)12;1-6-4-2-3-5-6;1-3-2;;;/h3-7H,1-2H3,(H2,11,12);4-5H,2H2,1H3;1-2H3;2*1H;/q;-1;;;;+4/p-3. The van der Waals surface area contributed by atoms with E-state index in [-0.39, 0.29) is 50.7 Å². The minimum absolute atomic E-state index is 0. The maximum Gasteiger partial charge on any atom is 4.00 e. The zero-order valence-electron chi connectivity index (χ0n) is 14.9. The molecule has 2 nitrogen and oxygen atoms in total. The minimum Gasteiger partial charge on any atom is -1.00 e. The van der Waals surface area contributed by atoms with Crippen LogP contribution in [0.15, 0.2) is 42.0 Å². The van der Waals surface area contributed by atoms with E-state index in [4.69, 9.17) is 5.73 Å². The van der Waals surface area contributed by atoms with E-state index in [0.29, 0.717) is 11.5 Å². The van der Waals surface area contributed by atoms with Crippen LogP contribution in [0.1, 0.15) is 49.0 Å². The van der Waals surface area contributed by atoms with Gasteiger partial charge in [0.05, 0.1) is 5.91 Å². The summed E-state index contributed by atoms with van der Waals surface area (Å²) in [4.78, 5) is 10.8. The molecule has 0 atom stereocenters. The summed E-state index contributed by atoms with van der Waals surface area (Å²) in [7, 11) is 1.08. The maximum absolute atomic E-state index is 10.8. The number of allylic oxidation sites excluding steroid dienone is 4. The van der Waals surface area contributed by atoms with E-state index in [9.17, 15) is 4.79 Å². The van der Waals surface area contributed by atoms with Crippen molar-refractivity contribution in [1.82, 2.24) is 0 Å². The van der Waals surface area contributed by atoms with Gasteiger partial charge in [-0.15, -0.1) is 13.3 Å². The summed E-state index contributed by atoms with van der Waals surface area (Å²) >= 11 is 0. The Hall–Kier alpha value is -0.163. The first kappa shape index (κ1) is 31.6. The van der Waals surface area contributed by atoms with Gasteiger partial charge in [0.1, 0.15) is 0 Å². The Kier molecular flexibility index (Phi) is 25.2. The zero-order chi connectivity index (χ0) is 16.3. The Morgan fingerprint density at radius 2 is 1.71 bits per heavy atom. The zero-order valence-corrected chi connectivity index (χ0v) is 21.0. The Morgan fingerprint density at radius 1 is 1.21 bits per heavy atom. The molecule has 0 fully saturated rings. The monoisotopic (exact) mass is 549 g/mol. The van der Waals surface area contributed by atoms with Crippen LogP contribution in [0.2, 0.25) is 13.1 Å². The molecule has 1 aromatic carbocycles. The van der Waals surface area contributed by atoms with Gasteiger partial charge in [0.2, 0.25) is 0 Å². The van der Waals surface area contributed by atoms with Crippen LogP contribution in [0.25, 0.3) is 5.73 Å². The van der Waals surface area contributed by atoms with E-state index in [1.807, 2.05) is 32.1 Å². The van der Waals surface area contributed by atoms with Crippen molar-refractivity contribution in [3.63, 3.8) is 0 Å². The van der Waals surface area contributed by atoms with Gasteiger partial charge >= 0.3 is 25.8 Å². The quantitative estimate of drug-likeness (QED) is 0.363. The number of nitrogens with one attached hydrogen (secondary N) is 1. The van der Waals surface area contributed by atoms with Gasteiger partial charge in [0, 0.05) is 15.1 Å². The van der Waals surface area contributed by atoms with Crippen LogP contribution < -0.4 is 24.8 Å². The summed E-state index contributed by atoms with van der Waals surface area (Å²) in [6.45, 7) is 10.4. The molecule has 1 aliphatic carbocycles. The Labute approximate surface area is 181 Å². The second-order valence-electron chi connectivity index (χ2n) is 5.07. The summed E-state index contributed by atoms with van der Waals surface area (Å²) in [5, 5.41) is 0. The van der Waals surface area contributed by atoms with Crippen molar-refractivity contribution in [2.75, 3.05) is 0 Å². The molecular formula is C18H25Cl2HfNOSi. The normalized spacial score (nSPS) is 10.5. The first-order chi connectivity index (χ1) is 9.93. The third-order valence-electron chi connectivity index (χ3n) is 2.70. The largest absolute Gasteiger partial charge is 4.00 e. The fraction of sp³-hybridized carbons (Fsp3) is 0.389. The van der Waals surface area contributed by atoms with Gasteiger partial charge in [-0.1, -0.05) is 51.2 Å². The molecule has 6 heteroatoms. The Morgan fingerprint density at radius 3 is 1.96 bits per heavy atom. The van der Waals surface area contributed by atoms with Crippen LogP contribution in [0, 0.1) is 6.08 Å². The predicted molar refractivity (Wildman–Crippen MR) is 92.9 cm³/mol. The summed E-state index contributed by atoms with van der Waals surface area (Å²) in [5.74, 6) is -0.296. The smallest absolute Gasteiger partial charge is 1.00 e. The topological polar surface area (TPSA) is 40.9 Å². The molecule has 0 heterocycles. The maximum atomic E-state index is 10.8. The number of rotatable bonds is 2. The molecule has 0 saturated heterocycles. The minimum atomic E-state index is -0.598. The third kappa shape index (κ3) is 14.2. The molecule has 1 N–H and O–H groups in total. The SMILES string of the molecule is CC(C)c1ccccc1C([NH-])=O.CC1=CC[C-]=C1.C[Si]C.[Cl-].[Cl-].[Hf+4]. The molecule has 0 aromatic heterocycles. The molecule has 2 rings (SSSR count). The van der Waals surface area contributed by atoms with Gasteiger partial charge in [0.25, 0.3) is 0 Å². The summed E-state index contributed by atoms with van der Waals surface area (Å²) in [6, 6.07) is 7.27. The molecule has 130 valence electrons. The van der Waals surface area contributed by atoms with Gasteiger partial charge in [-0.05, 0) is 11.5 Å². The Bertz CT molecular complexity index is 503. The fourth-order valence-electron chi connectivity index (χ4n) is 1.71. The van der Waals surface area contributed by atoms with Crippen LogP contribution in [0.3, 0.4) is 0 Å². The van der Waals surface area contributed by atoms with Gasteiger partial charge in [-0.25, -0.2) is 11.6 Å². The van der Waals surface area contributed by atoms with Crippen LogP contribution in [0.4, 0.5) is 0 Å². The number of hydrogen-bond acceptors (Lipinski definition) is 1. The van der Waals surface area contributed by atoms with Crippen LogP contribution in [-0.2, 0) is 25.8 Å². The first-order valence-electron chi connectivity index (χ1n) is 7.10. The van der Waals surface area contributed by atoms with Gasteiger partial charge < -0.3 is 35.3 Å². The predicted octanol–water partition coefficient (Wildman–Crippen LogP) is -0.510. The van der Waals surface area contributed by atoms with E-state index in [2.05, 4.69) is 32.2 Å². The molecule has 0 aliphatic heterocycles. The van der Waals surface area contributed by atoms with Gasteiger partial charge in [-0.3, -0.25) is 6.08 Å². The average molecular weight is 549 g/mol. The average Bonchev–Trinajstić information content (AvgIpc) is 2.91. The number of carbonyl (C=O) groups excluding carboxylic acids is 1. The molecule has 1 aromatic rings. The van der Waals surface area contributed by atoms with Gasteiger partial charge in [0.15, 0.2) is 0 Å². The second kappa shape index (κ2) is 19.2. The van der Waals surface area contributed by atoms with Crippen LogP contribution in [-0.4, -0.2) is 15.4 Å². The number of benzene rings is 1.